The molecule has 18 heavy (non-hydrogen) atoms. The van der Waals surface area contributed by atoms with Crippen molar-refractivity contribution < 1.29 is 0 Å². The van der Waals surface area contributed by atoms with E-state index in [1.807, 2.05) is 0 Å². The third kappa shape index (κ3) is 12.0. The van der Waals surface area contributed by atoms with Crippen molar-refractivity contribution in [1.82, 2.24) is 0 Å². The molecule has 0 aromatic heterocycles. The van der Waals surface area contributed by atoms with Crippen LogP contribution >= 0.6 is 0 Å². The normalized spacial score (nSPS) is 14.4. The zero-order chi connectivity index (χ0) is 13.8. The van der Waals surface area contributed by atoms with Gasteiger partial charge in [-0.3, -0.25) is 0 Å². The summed E-state index contributed by atoms with van der Waals surface area (Å²) >= 11 is 0. The Labute approximate surface area is 116 Å². The van der Waals surface area contributed by atoms with Crippen molar-refractivity contribution in [2.24, 2.45) is 17.8 Å². The highest BCUT2D eigenvalue weighted by molar-refractivity contribution is 4.83. The van der Waals surface area contributed by atoms with Crippen LogP contribution in [0.25, 0.3) is 0 Å². The van der Waals surface area contributed by atoms with E-state index in [4.69, 9.17) is 6.42 Å². The predicted octanol–water partition coefficient (Wildman–Crippen LogP) is 6.06. The summed E-state index contributed by atoms with van der Waals surface area (Å²) < 4.78 is 0. The van der Waals surface area contributed by atoms with E-state index in [0.29, 0.717) is 0 Å². The van der Waals surface area contributed by atoms with Gasteiger partial charge in [-0.1, -0.05) is 66.2 Å². The van der Waals surface area contributed by atoms with Crippen LogP contribution in [0.1, 0.15) is 85.5 Å². The highest BCUT2D eigenvalue weighted by Crippen LogP contribution is 2.21. The summed E-state index contributed by atoms with van der Waals surface area (Å²) in [5.41, 5.74) is 0. The van der Waals surface area contributed by atoms with Crippen LogP contribution in [-0.2, 0) is 0 Å². The molecule has 0 aliphatic heterocycles. The Morgan fingerprint density at radius 3 is 1.61 bits per heavy atom. The van der Waals surface area contributed by atoms with Crippen LogP contribution in [0.4, 0.5) is 0 Å². The lowest BCUT2D eigenvalue weighted by atomic mass is 9.92. The third-order valence-electron chi connectivity index (χ3n) is 3.89. The Balaban J connectivity index is 3.38. The molecule has 0 aromatic carbocycles. The van der Waals surface area contributed by atoms with Gasteiger partial charge >= 0.3 is 0 Å². The van der Waals surface area contributed by atoms with E-state index in [1.165, 1.54) is 51.4 Å². The topological polar surface area (TPSA) is 0 Å². The Bertz CT molecular complexity index is 209. The standard InChI is InChI=1S/C18H34/c1-6-7-8-12-17(4)14-10-15-18(5)13-9-11-16(2)3/h1,16-18H,7-15H2,2-5H3. The molecule has 0 rings (SSSR count). The minimum atomic E-state index is 0.862. The second kappa shape index (κ2) is 11.6. The van der Waals surface area contributed by atoms with Crippen LogP contribution < -0.4 is 0 Å². The second-order valence-corrected chi connectivity index (χ2v) is 6.56. The lowest BCUT2D eigenvalue weighted by Crippen LogP contribution is -2.00. The van der Waals surface area contributed by atoms with E-state index in [-0.39, 0.29) is 0 Å². The zero-order valence-corrected chi connectivity index (χ0v) is 13.2. The number of terminal acetylenes is 1. The molecule has 0 bridgehead atoms. The molecule has 0 saturated carbocycles. The van der Waals surface area contributed by atoms with Gasteiger partial charge in [-0.25, -0.2) is 0 Å². The summed E-state index contributed by atoms with van der Waals surface area (Å²) in [6, 6.07) is 0. The monoisotopic (exact) mass is 250 g/mol. The molecule has 0 heteroatoms. The average Bonchev–Trinajstić information content (AvgIpc) is 2.29. The van der Waals surface area contributed by atoms with Crippen LogP contribution in [-0.4, -0.2) is 0 Å². The van der Waals surface area contributed by atoms with Crippen LogP contribution in [0.15, 0.2) is 0 Å². The number of hydrogen-bond donors (Lipinski definition) is 0. The smallest absolute Gasteiger partial charge is 0.00861 e. The Hall–Kier alpha value is -0.440. The first-order valence-corrected chi connectivity index (χ1v) is 7.99. The van der Waals surface area contributed by atoms with Crippen molar-refractivity contribution in [2.75, 3.05) is 0 Å². The van der Waals surface area contributed by atoms with Crippen LogP contribution in [0.5, 0.6) is 0 Å². The Kier molecular flexibility index (Phi) is 11.4. The van der Waals surface area contributed by atoms with Crippen LogP contribution in [0.3, 0.4) is 0 Å². The van der Waals surface area contributed by atoms with E-state index >= 15 is 0 Å². The minimum Gasteiger partial charge on any atom is -0.120 e. The van der Waals surface area contributed by atoms with Gasteiger partial charge in [0, 0.05) is 6.42 Å². The summed E-state index contributed by atoms with van der Waals surface area (Å²) in [6.45, 7) is 9.44. The molecule has 0 heterocycles. The molecule has 2 atom stereocenters. The molecule has 0 fully saturated rings. The van der Waals surface area contributed by atoms with E-state index in [2.05, 4.69) is 33.6 Å². The minimum absolute atomic E-state index is 0.862. The maximum absolute atomic E-state index is 5.27. The van der Waals surface area contributed by atoms with Crippen molar-refractivity contribution in [2.45, 2.75) is 85.5 Å². The second-order valence-electron chi connectivity index (χ2n) is 6.56. The fraction of sp³-hybridized carbons (Fsp3) is 0.889. The molecule has 0 saturated heterocycles. The summed E-state index contributed by atoms with van der Waals surface area (Å²) in [5, 5.41) is 0. The molecule has 0 N–H and O–H groups in total. The molecule has 106 valence electrons. The molecule has 0 spiro atoms. The maximum atomic E-state index is 5.27. The first kappa shape index (κ1) is 17.6. The largest absolute Gasteiger partial charge is 0.120 e. The number of rotatable bonds is 11. The molecule has 2 unspecified atom stereocenters. The third-order valence-corrected chi connectivity index (χ3v) is 3.89. The van der Waals surface area contributed by atoms with Crippen molar-refractivity contribution in [3.63, 3.8) is 0 Å². The molecular formula is C18H34. The molecule has 0 aromatic rings. The van der Waals surface area contributed by atoms with Gasteiger partial charge in [0.2, 0.25) is 0 Å². The van der Waals surface area contributed by atoms with Gasteiger partial charge < -0.3 is 0 Å². The van der Waals surface area contributed by atoms with E-state index < -0.39 is 0 Å². The summed E-state index contributed by atoms with van der Waals surface area (Å²) in [6.07, 6.45) is 17.2. The van der Waals surface area contributed by atoms with Gasteiger partial charge in [0.05, 0.1) is 0 Å². The Morgan fingerprint density at radius 2 is 1.17 bits per heavy atom. The van der Waals surface area contributed by atoms with Gasteiger partial charge in [0.15, 0.2) is 0 Å². The quantitative estimate of drug-likeness (QED) is 0.309. The Morgan fingerprint density at radius 1 is 0.722 bits per heavy atom. The first-order valence-electron chi connectivity index (χ1n) is 7.99. The molecule has 0 amide bonds. The van der Waals surface area contributed by atoms with Gasteiger partial charge in [0.1, 0.15) is 0 Å². The van der Waals surface area contributed by atoms with Gasteiger partial charge in [-0.05, 0) is 30.6 Å². The van der Waals surface area contributed by atoms with Gasteiger partial charge in [-0.15, -0.1) is 12.3 Å². The fourth-order valence-corrected chi connectivity index (χ4v) is 2.53. The maximum Gasteiger partial charge on any atom is 0.00861 e. The molecule has 0 aliphatic rings. The summed E-state index contributed by atoms with van der Waals surface area (Å²) in [4.78, 5) is 0. The highest BCUT2D eigenvalue weighted by atomic mass is 14.1. The summed E-state index contributed by atoms with van der Waals surface area (Å²) in [7, 11) is 0. The SMILES string of the molecule is C#CCCCC(C)CCCC(C)CCCC(C)C. The molecule has 0 nitrogen and oxygen atoms in total. The lowest BCUT2D eigenvalue weighted by Gasteiger charge is -2.14. The zero-order valence-electron chi connectivity index (χ0n) is 13.2. The summed E-state index contributed by atoms with van der Waals surface area (Å²) in [5.74, 6) is 5.38. The molecule has 0 aliphatic carbocycles. The van der Waals surface area contributed by atoms with Gasteiger partial charge in [0.25, 0.3) is 0 Å². The number of unbranched alkanes of at least 4 members (excludes halogenated alkanes) is 1. The molecule has 0 radical (unpaired) electrons. The van der Waals surface area contributed by atoms with Crippen LogP contribution in [0, 0.1) is 30.1 Å². The molecular weight excluding hydrogens is 216 g/mol. The lowest BCUT2D eigenvalue weighted by molar-refractivity contribution is 0.390. The first-order chi connectivity index (χ1) is 8.56. The van der Waals surface area contributed by atoms with Gasteiger partial charge in [-0.2, -0.15) is 0 Å². The van der Waals surface area contributed by atoms with Crippen molar-refractivity contribution >= 4 is 0 Å². The van der Waals surface area contributed by atoms with E-state index in [0.717, 1.165) is 24.2 Å². The average molecular weight is 250 g/mol. The predicted molar refractivity (Wildman–Crippen MR) is 83.6 cm³/mol. The highest BCUT2D eigenvalue weighted by Gasteiger charge is 2.06. The van der Waals surface area contributed by atoms with Crippen molar-refractivity contribution in [3.05, 3.63) is 0 Å². The van der Waals surface area contributed by atoms with Crippen LogP contribution in [0.2, 0.25) is 0 Å². The van der Waals surface area contributed by atoms with Crippen molar-refractivity contribution in [1.29, 1.82) is 0 Å². The van der Waals surface area contributed by atoms with E-state index in [1.54, 1.807) is 0 Å². The fourth-order valence-electron chi connectivity index (χ4n) is 2.53. The number of hydrogen-bond acceptors (Lipinski definition) is 0. The van der Waals surface area contributed by atoms with Crippen molar-refractivity contribution in [3.8, 4) is 12.3 Å². The van der Waals surface area contributed by atoms with E-state index in [9.17, 15) is 0 Å².